The first kappa shape index (κ1) is 19.1. The van der Waals surface area contributed by atoms with Crippen molar-refractivity contribution in [3.63, 3.8) is 0 Å². The number of carbonyl (C=O) groups is 1. The largest absolute Gasteiger partial charge is 0.456 e. The van der Waals surface area contributed by atoms with Crippen molar-refractivity contribution in [2.24, 2.45) is 0 Å². The van der Waals surface area contributed by atoms with Crippen LogP contribution >= 0.6 is 0 Å². The van der Waals surface area contributed by atoms with E-state index in [0.29, 0.717) is 34.4 Å². The third-order valence-electron chi connectivity index (χ3n) is 4.02. The first-order valence-corrected chi connectivity index (χ1v) is 9.04. The number of nitrogens with zero attached hydrogens (tertiary/aromatic N) is 2. The SMILES string of the molecule is O=C(Nc1ccc(Oc2ccc(F)cc2)nc1)c1ccc(Oc2cccnc2)cc1. The molecule has 1 N–H and O–H groups in total. The number of benzene rings is 2. The fourth-order valence-corrected chi connectivity index (χ4v) is 2.56. The summed E-state index contributed by atoms with van der Waals surface area (Å²) in [5, 5.41) is 2.77. The molecule has 1 amide bonds. The number of halogens is 1. The van der Waals surface area contributed by atoms with Crippen LogP contribution in [-0.2, 0) is 0 Å². The lowest BCUT2D eigenvalue weighted by Crippen LogP contribution is -2.11. The summed E-state index contributed by atoms with van der Waals surface area (Å²) >= 11 is 0. The van der Waals surface area contributed by atoms with Gasteiger partial charge in [0.2, 0.25) is 5.88 Å². The van der Waals surface area contributed by atoms with Gasteiger partial charge in [0.1, 0.15) is 23.1 Å². The van der Waals surface area contributed by atoms with Gasteiger partial charge in [-0.05, 0) is 66.7 Å². The third kappa shape index (κ3) is 4.96. The molecule has 0 saturated heterocycles. The molecule has 0 atom stereocenters. The highest BCUT2D eigenvalue weighted by Crippen LogP contribution is 2.22. The van der Waals surface area contributed by atoms with Crippen molar-refractivity contribution in [1.82, 2.24) is 9.97 Å². The topological polar surface area (TPSA) is 73.3 Å². The van der Waals surface area contributed by atoms with E-state index in [0.717, 1.165) is 0 Å². The van der Waals surface area contributed by atoms with E-state index >= 15 is 0 Å². The van der Waals surface area contributed by atoms with Gasteiger partial charge in [0.25, 0.3) is 5.91 Å². The number of carbonyl (C=O) groups excluding carboxylic acids is 1. The molecule has 2 aromatic heterocycles. The number of amides is 1. The van der Waals surface area contributed by atoms with E-state index in [1.807, 2.05) is 0 Å². The zero-order valence-electron chi connectivity index (χ0n) is 15.7. The molecular weight excluding hydrogens is 385 g/mol. The average molecular weight is 401 g/mol. The molecule has 0 radical (unpaired) electrons. The molecule has 0 aliphatic carbocycles. The molecule has 4 aromatic rings. The normalized spacial score (nSPS) is 10.3. The van der Waals surface area contributed by atoms with E-state index < -0.39 is 0 Å². The molecule has 0 bridgehead atoms. The Kier molecular flexibility index (Phi) is 5.61. The van der Waals surface area contributed by atoms with E-state index in [4.69, 9.17) is 9.47 Å². The minimum absolute atomic E-state index is 0.281. The molecule has 0 fully saturated rings. The van der Waals surface area contributed by atoms with Gasteiger partial charge < -0.3 is 14.8 Å². The zero-order chi connectivity index (χ0) is 20.8. The second-order valence-corrected chi connectivity index (χ2v) is 6.21. The van der Waals surface area contributed by atoms with Crippen molar-refractivity contribution in [3.8, 4) is 23.1 Å². The van der Waals surface area contributed by atoms with Gasteiger partial charge in [-0.3, -0.25) is 9.78 Å². The van der Waals surface area contributed by atoms with Crippen LogP contribution in [0.2, 0.25) is 0 Å². The molecule has 0 aliphatic rings. The molecule has 0 aliphatic heterocycles. The van der Waals surface area contributed by atoms with Crippen LogP contribution in [0.15, 0.2) is 91.4 Å². The summed E-state index contributed by atoms with van der Waals surface area (Å²) < 4.78 is 24.1. The van der Waals surface area contributed by atoms with Crippen molar-refractivity contribution >= 4 is 11.6 Å². The van der Waals surface area contributed by atoms with Crippen molar-refractivity contribution in [3.05, 3.63) is 103 Å². The first-order chi connectivity index (χ1) is 14.7. The fraction of sp³-hybridized carbons (Fsp3) is 0. The summed E-state index contributed by atoms with van der Waals surface area (Å²) in [4.78, 5) is 20.6. The smallest absolute Gasteiger partial charge is 0.255 e. The lowest BCUT2D eigenvalue weighted by atomic mass is 10.2. The Morgan fingerprint density at radius 3 is 2.20 bits per heavy atom. The number of hydrogen-bond acceptors (Lipinski definition) is 5. The predicted molar refractivity (Wildman–Crippen MR) is 109 cm³/mol. The minimum Gasteiger partial charge on any atom is -0.456 e. The fourth-order valence-electron chi connectivity index (χ4n) is 2.56. The van der Waals surface area contributed by atoms with Gasteiger partial charge in [-0.15, -0.1) is 0 Å². The van der Waals surface area contributed by atoms with Crippen molar-refractivity contribution < 1.29 is 18.7 Å². The Balaban J connectivity index is 1.35. The second-order valence-electron chi connectivity index (χ2n) is 6.21. The Labute approximate surface area is 172 Å². The predicted octanol–water partition coefficient (Wildman–Crippen LogP) is 5.45. The highest BCUT2D eigenvalue weighted by molar-refractivity contribution is 6.04. The van der Waals surface area contributed by atoms with E-state index in [-0.39, 0.29) is 11.7 Å². The van der Waals surface area contributed by atoms with Crippen LogP contribution < -0.4 is 14.8 Å². The number of pyridine rings is 2. The maximum absolute atomic E-state index is 12.9. The van der Waals surface area contributed by atoms with E-state index in [1.54, 1.807) is 60.9 Å². The highest BCUT2D eigenvalue weighted by Gasteiger charge is 2.08. The summed E-state index contributed by atoms with van der Waals surface area (Å²) in [6.45, 7) is 0. The minimum atomic E-state index is -0.343. The Morgan fingerprint density at radius 2 is 1.53 bits per heavy atom. The standard InChI is InChI=1S/C23H16FN3O3/c24-17-5-10-20(11-6-17)30-22-12-7-18(14-26-22)27-23(28)16-3-8-19(9-4-16)29-21-2-1-13-25-15-21/h1-15H,(H,27,28). The Morgan fingerprint density at radius 1 is 0.800 bits per heavy atom. The summed E-state index contributed by atoms with van der Waals surface area (Å²) in [6.07, 6.45) is 4.75. The third-order valence-corrected chi connectivity index (χ3v) is 4.02. The van der Waals surface area contributed by atoms with Crippen LogP contribution in [0.5, 0.6) is 23.1 Å². The highest BCUT2D eigenvalue weighted by atomic mass is 19.1. The van der Waals surface area contributed by atoms with Gasteiger partial charge >= 0.3 is 0 Å². The first-order valence-electron chi connectivity index (χ1n) is 9.04. The van der Waals surface area contributed by atoms with Gasteiger partial charge in [-0.1, -0.05) is 0 Å². The molecule has 2 aromatic carbocycles. The zero-order valence-corrected chi connectivity index (χ0v) is 15.7. The van der Waals surface area contributed by atoms with Gasteiger partial charge in [0.15, 0.2) is 0 Å². The summed E-state index contributed by atoms with van der Waals surface area (Å²) in [5.41, 5.74) is 0.988. The quantitative estimate of drug-likeness (QED) is 0.465. The molecule has 7 heteroatoms. The van der Waals surface area contributed by atoms with Crippen LogP contribution in [0, 0.1) is 5.82 Å². The molecule has 0 spiro atoms. The molecule has 6 nitrogen and oxygen atoms in total. The molecule has 0 unspecified atom stereocenters. The molecule has 0 saturated carbocycles. The molecule has 4 rings (SSSR count). The Bertz CT molecular complexity index is 1120. The number of hydrogen-bond donors (Lipinski definition) is 1. The molecule has 2 heterocycles. The van der Waals surface area contributed by atoms with Gasteiger partial charge in [-0.25, -0.2) is 9.37 Å². The van der Waals surface area contributed by atoms with Crippen molar-refractivity contribution in [1.29, 1.82) is 0 Å². The van der Waals surface area contributed by atoms with Gasteiger partial charge in [0, 0.05) is 17.8 Å². The van der Waals surface area contributed by atoms with E-state index in [2.05, 4.69) is 15.3 Å². The van der Waals surface area contributed by atoms with Crippen LogP contribution in [0.25, 0.3) is 0 Å². The van der Waals surface area contributed by atoms with Crippen LogP contribution in [0.3, 0.4) is 0 Å². The number of anilines is 1. The molecule has 30 heavy (non-hydrogen) atoms. The van der Waals surface area contributed by atoms with Crippen LogP contribution in [0.4, 0.5) is 10.1 Å². The van der Waals surface area contributed by atoms with E-state index in [1.165, 1.54) is 30.5 Å². The number of rotatable bonds is 6. The van der Waals surface area contributed by atoms with E-state index in [9.17, 15) is 9.18 Å². The summed E-state index contributed by atoms with van der Waals surface area (Å²) in [5.74, 6) is 1.39. The second kappa shape index (κ2) is 8.83. The monoisotopic (exact) mass is 401 g/mol. The van der Waals surface area contributed by atoms with Gasteiger partial charge in [-0.2, -0.15) is 0 Å². The lowest BCUT2D eigenvalue weighted by molar-refractivity contribution is 0.102. The Hall–Kier alpha value is -4.26. The van der Waals surface area contributed by atoms with Crippen LogP contribution in [0.1, 0.15) is 10.4 Å². The summed E-state index contributed by atoms with van der Waals surface area (Å²) in [7, 11) is 0. The molecule has 148 valence electrons. The van der Waals surface area contributed by atoms with Crippen LogP contribution in [-0.4, -0.2) is 15.9 Å². The molecular formula is C23H16FN3O3. The van der Waals surface area contributed by atoms with Gasteiger partial charge in [0.05, 0.1) is 18.1 Å². The number of ether oxygens (including phenoxy) is 2. The summed E-state index contributed by atoms with van der Waals surface area (Å²) in [6, 6.07) is 19.2. The average Bonchev–Trinajstić information content (AvgIpc) is 2.78. The van der Waals surface area contributed by atoms with Crippen molar-refractivity contribution in [2.75, 3.05) is 5.32 Å². The van der Waals surface area contributed by atoms with Crippen molar-refractivity contribution in [2.45, 2.75) is 0 Å². The lowest BCUT2D eigenvalue weighted by Gasteiger charge is -2.08. The maximum Gasteiger partial charge on any atom is 0.255 e. The number of aromatic nitrogens is 2. The number of nitrogens with one attached hydrogen (secondary N) is 1. The maximum atomic E-state index is 12.9.